The topological polar surface area (TPSA) is 59.3 Å². The first-order valence-electron chi connectivity index (χ1n) is 6.32. The van der Waals surface area contributed by atoms with Gasteiger partial charge < -0.3 is 15.2 Å². The van der Waals surface area contributed by atoms with Gasteiger partial charge in [0.15, 0.2) is 11.5 Å². The number of phenols is 1. The Labute approximate surface area is 112 Å². The van der Waals surface area contributed by atoms with Gasteiger partial charge in [0.1, 0.15) is 0 Å². The van der Waals surface area contributed by atoms with Crippen LogP contribution in [0.25, 0.3) is 0 Å². The summed E-state index contributed by atoms with van der Waals surface area (Å²) in [5.41, 5.74) is 2.23. The van der Waals surface area contributed by atoms with E-state index in [1.165, 1.54) is 0 Å². The second-order valence-electron chi connectivity index (χ2n) is 4.25. The molecule has 1 aromatic carbocycles. The van der Waals surface area contributed by atoms with Crippen molar-refractivity contribution in [2.45, 2.75) is 26.6 Å². The van der Waals surface area contributed by atoms with Gasteiger partial charge in [-0.05, 0) is 30.7 Å². The van der Waals surface area contributed by atoms with Crippen molar-refractivity contribution in [3.63, 3.8) is 0 Å². The van der Waals surface area contributed by atoms with Gasteiger partial charge in [-0.15, -0.1) is 0 Å². The molecule has 2 aromatic rings. The maximum Gasteiger partial charge on any atom is 0.160 e. The minimum absolute atomic E-state index is 0.162. The van der Waals surface area contributed by atoms with Crippen LogP contribution in [0.5, 0.6) is 11.5 Å². The number of nitrogens with one attached hydrogen (secondary N) is 1. The van der Waals surface area contributed by atoms with Crippen LogP contribution in [0.2, 0.25) is 0 Å². The van der Waals surface area contributed by atoms with Gasteiger partial charge in [0.2, 0.25) is 0 Å². The lowest BCUT2D eigenvalue weighted by molar-refractivity contribution is 0.372. The van der Waals surface area contributed by atoms with Crippen LogP contribution in [0.4, 0.5) is 0 Å². The highest BCUT2D eigenvalue weighted by Crippen LogP contribution is 2.26. The summed E-state index contributed by atoms with van der Waals surface area (Å²) in [5, 5.41) is 17.1. The third-order valence-corrected chi connectivity index (χ3v) is 2.98. The van der Waals surface area contributed by atoms with Gasteiger partial charge in [-0.2, -0.15) is 5.10 Å². The molecule has 0 saturated heterocycles. The number of aromatic hydroxyl groups is 1. The number of methoxy groups -OCH3 is 1. The molecule has 0 fully saturated rings. The number of aromatic nitrogens is 2. The molecule has 2 N–H and O–H groups in total. The van der Waals surface area contributed by atoms with Gasteiger partial charge in [0.25, 0.3) is 0 Å². The molecule has 0 radical (unpaired) electrons. The van der Waals surface area contributed by atoms with Gasteiger partial charge in [0.05, 0.1) is 12.8 Å². The van der Waals surface area contributed by atoms with Crippen molar-refractivity contribution in [2.24, 2.45) is 0 Å². The smallest absolute Gasteiger partial charge is 0.160 e. The Morgan fingerprint density at radius 2 is 2.16 bits per heavy atom. The Morgan fingerprint density at radius 1 is 1.32 bits per heavy atom. The molecule has 1 heterocycles. The first kappa shape index (κ1) is 13.4. The Morgan fingerprint density at radius 3 is 2.89 bits per heavy atom. The van der Waals surface area contributed by atoms with Gasteiger partial charge in [-0.25, -0.2) is 0 Å². The fourth-order valence-electron chi connectivity index (χ4n) is 1.96. The number of phenolic OH excluding ortho intramolecular Hbond substituents is 1. The molecule has 0 amide bonds. The van der Waals surface area contributed by atoms with Gasteiger partial charge in [-0.1, -0.05) is 6.07 Å². The molecule has 0 spiro atoms. The van der Waals surface area contributed by atoms with Crippen LogP contribution >= 0.6 is 0 Å². The van der Waals surface area contributed by atoms with Gasteiger partial charge in [-0.3, -0.25) is 4.68 Å². The van der Waals surface area contributed by atoms with E-state index in [0.29, 0.717) is 12.3 Å². The van der Waals surface area contributed by atoms with E-state index in [2.05, 4.69) is 17.3 Å². The lowest BCUT2D eigenvalue weighted by Crippen LogP contribution is -2.16. The zero-order valence-corrected chi connectivity index (χ0v) is 11.3. The molecule has 0 aliphatic rings. The van der Waals surface area contributed by atoms with Crippen LogP contribution < -0.4 is 10.1 Å². The van der Waals surface area contributed by atoms with Crippen molar-refractivity contribution in [1.29, 1.82) is 0 Å². The third-order valence-electron chi connectivity index (χ3n) is 2.98. The van der Waals surface area contributed by atoms with E-state index < -0.39 is 0 Å². The fourth-order valence-corrected chi connectivity index (χ4v) is 1.96. The Bertz CT molecular complexity index is 537. The first-order chi connectivity index (χ1) is 9.24. The summed E-state index contributed by atoms with van der Waals surface area (Å²) in [5.74, 6) is 0.660. The molecule has 0 unspecified atom stereocenters. The molecule has 0 saturated carbocycles. The highest BCUT2D eigenvalue weighted by molar-refractivity contribution is 5.41. The van der Waals surface area contributed by atoms with Crippen molar-refractivity contribution in [3.05, 3.63) is 41.7 Å². The third kappa shape index (κ3) is 3.26. The summed E-state index contributed by atoms with van der Waals surface area (Å²) < 4.78 is 7.05. The maximum atomic E-state index is 9.52. The Balaban J connectivity index is 1.92. The highest BCUT2D eigenvalue weighted by Gasteiger charge is 2.03. The molecule has 0 bridgehead atoms. The van der Waals surface area contributed by atoms with Crippen LogP contribution in [0.15, 0.2) is 30.5 Å². The molecular formula is C14H19N3O2. The van der Waals surface area contributed by atoms with Crippen molar-refractivity contribution >= 4 is 0 Å². The van der Waals surface area contributed by atoms with Crippen molar-refractivity contribution in [3.8, 4) is 11.5 Å². The van der Waals surface area contributed by atoms with Crippen molar-refractivity contribution in [2.75, 3.05) is 7.11 Å². The molecule has 102 valence electrons. The summed E-state index contributed by atoms with van der Waals surface area (Å²) in [4.78, 5) is 0. The zero-order valence-electron chi connectivity index (χ0n) is 11.3. The molecule has 0 aliphatic heterocycles. The zero-order chi connectivity index (χ0) is 13.7. The molecule has 0 atom stereocenters. The van der Waals surface area contributed by atoms with Crippen LogP contribution in [0, 0.1) is 0 Å². The second-order valence-corrected chi connectivity index (χ2v) is 4.25. The van der Waals surface area contributed by atoms with E-state index in [0.717, 1.165) is 24.3 Å². The minimum atomic E-state index is 0.162. The van der Waals surface area contributed by atoms with Gasteiger partial charge >= 0.3 is 0 Å². The normalized spacial score (nSPS) is 10.6. The Kier molecular flexibility index (Phi) is 4.41. The maximum absolute atomic E-state index is 9.52. The first-order valence-corrected chi connectivity index (χ1v) is 6.32. The van der Waals surface area contributed by atoms with E-state index in [-0.39, 0.29) is 5.75 Å². The fraction of sp³-hybridized carbons (Fsp3) is 0.357. The van der Waals surface area contributed by atoms with Crippen molar-refractivity contribution < 1.29 is 9.84 Å². The number of aryl methyl sites for hydroxylation is 1. The highest BCUT2D eigenvalue weighted by atomic mass is 16.5. The molecule has 2 rings (SSSR count). The average Bonchev–Trinajstić information content (AvgIpc) is 2.88. The predicted octanol–water partition coefficient (Wildman–Crippen LogP) is 1.91. The summed E-state index contributed by atoms with van der Waals surface area (Å²) in [6, 6.07) is 7.36. The largest absolute Gasteiger partial charge is 0.504 e. The molecule has 19 heavy (non-hydrogen) atoms. The number of ether oxygens (including phenoxy) is 1. The molecule has 5 heteroatoms. The van der Waals surface area contributed by atoms with E-state index in [4.69, 9.17) is 4.74 Å². The summed E-state index contributed by atoms with van der Waals surface area (Å²) in [6.45, 7) is 4.42. The average molecular weight is 261 g/mol. The van der Waals surface area contributed by atoms with Crippen LogP contribution in [-0.4, -0.2) is 22.0 Å². The molecule has 5 nitrogen and oxygen atoms in total. The Hall–Kier alpha value is -2.01. The summed E-state index contributed by atoms with van der Waals surface area (Å²) in [6.07, 6.45) is 1.81. The number of benzene rings is 1. The predicted molar refractivity (Wildman–Crippen MR) is 73.1 cm³/mol. The quantitative estimate of drug-likeness (QED) is 0.834. The van der Waals surface area contributed by atoms with E-state index in [1.54, 1.807) is 13.2 Å². The standard InChI is InChI=1S/C14H19N3O2/c1-3-17-12(6-7-16-17)10-15-9-11-4-5-13(18)14(8-11)19-2/h4-8,15,18H,3,9-10H2,1-2H3. The van der Waals surface area contributed by atoms with Crippen LogP contribution in [0.3, 0.4) is 0 Å². The second kappa shape index (κ2) is 6.24. The molecule has 1 aromatic heterocycles. The number of hydrogen-bond acceptors (Lipinski definition) is 4. The van der Waals surface area contributed by atoms with E-state index in [9.17, 15) is 5.11 Å². The SMILES string of the molecule is CCn1nccc1CNCc1ccc(O)c(OC)c1. The number of nitrogens with zero attached hydrogens (tertiary/aromatic N) is 2. The summed E-state index contributed by atoms with van der Waals surface area (Å²) >= 11 is 0. The minimum Gasteiger partial charge on any atom is -0.504 e. The van der Waals surface area contributed by atoms with Crippen molar-refractivity contribution in [1.82, 2.24) is 15.1 Å². The van der Waals surface area contributed by atoms with Crippen LogP contribution in [-0.2, 0) is 19.6 Å². The lowest BCUT2D eigenvalue weighted by atomic mass is 10.2. The molecular weight excluding hydrogens is 242 g/mol. The number of rotatable bonds is 6. The van der Waals surface area contributed by atoms with E-state index >= 15 is 0 Å². The monoisotopic (exact) mass is 261 g/mol. The number of hydrogen-bond donors (Lipinski definition) is 2. The summed E-state index contributed by atoms with van der Waals surface area (Å²) in [7, 11) is 1.55. The van der Waals surface area contributed by atoms with Gasteiger partial charge in [0, 0.05) is 25.8 Å². The molecule has 0 aliphatic carbocycles. The van der Waals surface area contributed by atoms with Crippen LogP contribution in [0.1, 0.15) is 18.2 Å². The van der Waals surface area contributed by atoms with E-state index in [1.807, 2.05) is 29.1 Å². The lowest BCUT2D eigenvalue weighted by Gasteiger charge is -2.09.